The third-order valence-corrected chi connectivity index (χ3v) is 4.15. The highest BCUT2D eigenvalue weighted by molar-refractivity contribution is 5.92. The second kappa shape index (κ2) is 10.0. The van der Waals surface area contributed by atoms with Crippen molar-refractivity contribution in [1.29, 1.82) is 0 Å². The van der Waals surface area contributed by atoms with Crippen LogP contribution in [0.3, 0.4) is 0 Å². The van der Waals surface area contributed by atoms with E-state index >= 15 is 0 Å². The van der Waals surface area contributed by atoms with Crippen molar-refractivity contribution in [3.8, 4) is 11.5 Å². The summed E-state index contributed by atoms with van der Waals surface area (Å²) in [7, 11) is 0. The molecule has 0 atom stereocenters. The molecule has 1 fully saturated rings. The Kier molecular flexibility index (Phi) is 7.66. The van der Waals surface area contributed by atoms with Crippen molar-refractivity contribution < 1.29 is 14.3 Å². The standard InChI is InChI=1S/C20H29NO3/c1-3-5-14-24-18-12-10-16(15-19(18)23-4-2)11-13-20(22)21-17-8-6-7-9-17/h10-13,15,17H,3-9,14H2,1-2H3,(H,21,22)/b13-11+. The maximum absolute atomic E-state index is 12.0. The third kappa shape index (κ3) is 5.91. The Morgan fingerprint density at radius 2 is 2.00 bits per heavy atom. The lowest BCUT2D eigenvalue weighted by Crippen LogP contribution is -2.30. The average Bonchev–Trinajstić information content (AvgIpc) is 3.08. The van der Waals surface area contributed by atoms with Crippen LogP contribution < -0.4 is 14.8 Å². The summed E-state index contributed by atoms with van der Waals surface area (Å²) in [5.41, 5.74) is 0.933. The molecule has 0 aliphatic heterocycles. The van der Waals surface area contributed by atoms with E-state index in [1.165, 1.54) is 12.8 Å². The van der Waals surface area contributed by atoms with Gasteiger partial charge in [-0.3, -0.25) is 4.79 Å². The summed E-state index contributed by atoms with van der Waals surface area (Å²) in [6, 6.07) is 6.12. The molecular formula is C20H29NO3. The Balaban J connectivity index is 1.97. The molecule has 24 heavy (non-hydrogen) atoms. The largest absolute Gasteiger partial charge is 0.490 e. The van der Waals surface area contributed by atoms with Crippen LogP contribution in [0, 0.1) is 0 Å². The number of nitrogens with one attached hydrogen (secondary N) is 1. The number of unbranched alkanes of at least 4 members (excludes halogenated alkanes) is 1. The molecule has 1 N–H and O–H groups in total. The topological polar surface area (TPSA) is 47.6 Å². The van der Waals surface area contributed by atoms with Gasteiger partial charge in [-0.05, 0) is 50.0 Å². The van der Waals surface area contributed by atoms with Gasteiger partial charge in [-0.25, -0.2) is 0 Å². The van der Waals surface area contributed by atoms with Crippen molar-refractivity contribution in [1.82, 2.24) is 5.32 Å². The van der Waals surface area contributed by atoms with Crippen molar-refractivity contribution >= 4 is 12.0 Å². The number of carbonyl (C=O) groups excluding carboxylic acids is 1. The van der Waals surface area contributed by atoms with E-state index < -0.39 is 0 Å². The van der Waals surface area contributed by atoms with Crippen LogP contribution in [0.5, 0.6) is 11.5 Å². The molecule has 1 aromatic carbocycles. The van der Waals surface area contributed by atoms with E-state index in [0.29, 0.717) is 19.3 Å². The van der Waals surface area contributed by atoms with Gasteiger partial charge in [0.1, 0.15) is 0 Å². The molecule has 1 aliphatic rings. The molecule has 1 saturated carbocycles. The van der Waals surface area contributed by atoms with Crippen molar-refractivity contribution in [2.45, 2.75) is 58.4 Å². The van der Waals surface area contributed by atoms with E-state index in [2.05, 4.69) is 12.2 Å². The molecule has 2 rings (SSSR count). The van der Waals surface area contributed by atoms with Crippen LogP contribution in [0.1, 0.15) is 57.9 Å². The van der Waals surface area contributed by atoms with Gasteiger partial charge in [0.05, 0.1) is 13.2 Å². The molecule has 4 heteroatoms. The lowest BCUT2D eigenvalue weighted by molar-refractivity contribution is -0.117. The van der Waals surface area contributed by atoms with Crippen molar-refractivity contribution in [2.75, 3.05) is 13.2 Å². The van der Waals surface area contributed by atoms with Crippen LogP contribution in [0.2, 0.25) is 0 Å². The first-order valence-electron chi connectivity index (χ1n) is 9.11. The predicted octanol–water partition coefficient (Wildman–Crippen LogP) is 4.34. The van der Waals surface area contributed by atoms with Crippen LogP contribution in [-0.4, -0.2) is 25.2 Å². The predicted molar refractivity (Wildman–Crippen MR) is 97.4 cm³/mol. The zero-order chi connectivity index (χ0) is 17.2. The highest BCUT2D eigenvalue weighted by atomic mass is 16.5. The van der Waals surface area contributed by atoms with Gasteiger partial charge in [0.15, 0.2) is 11.5 Å². The fourth-order valence-electron chi connectivity index (χ4n) is 2.83. The summed E-state index contributed by atoms with van der Waals surface area (Å²) >= 11 is 0. The SMILES string of the molecule is CCCCOc1ccc(/C=C/C(=O)NC2CCCC2)cc1OCC. The fourth-order valence-corrected chi connectivity index (χ4v) is 2.83. The first kappa shape index (κ1) is 18.4. The van der Waals surface area contributed by atoms with Crippen molar-refractivity contribution in [2.24, 2.45) is 0 Å². The second-order valence-electron chi connectivity index (χ2n) is 6.16. The number of rotatable bonds is 9. The minimum absolute atomic E-state index is 0.0249. The normalized spacial score (nSPS) is 14.9. The molecular weight excluding hydrogens is 302 g/mol. The van der Waals surface area contributed by atoms with E-state index in [4.69, 9.17) is 9.47 Å². The van der Waals surface area contributed by atoms with Crippen LogP contribution in [-0.2, 0) is 4.79 Å². The lowest BCUT2D eigenvalue weighted by atomic mass is 10.1. The Labute approximate surface area is 145 Å². The van der Waals surface area contributed by atoms with Crippen molar-refractivity contribution in [3.63, 3.8) is 0 Å². The van der Waals surface area contributed by atoms with Crippen LogP contribution in [0.4, 0.5) is 0 Å². The molecule has 132 valence electrons. The van der Waals surface area contributed by atoms with Gasteiger partial charge in [-0.1, -0.05) is 32.3 Å². The summed E-state index contributed by atoms with van der Waals surface area (Å²) in [6.45, 7) is 5.36. The van der Waals surface area contributed by atoms with Gasteiger partial charge < -0.3 is 14.8 Å². The van der Waals surface area contributed by atoms with E-state index in [-0.39, 0.29) is 5.91 Å². The number of hydrogen-bond acceptors (Lipinski definition) is 3. The molecule has 1 aromatic rings. The number of hydrogen-bond donors (Lipinski definition) is 1. The molecule has 1 amide bonds. The monoisotopic (exact) mass is 331 g/mol. The molecule has 0 bridgehead atoms. The van der Waals surface area contributed by atoms with Gasteiger partial charge in [0, 0.05) is 12.1 Å². The van der Waals surface area contributed by atoms with Crippen LogP contribution in [0.25, 0.3) is 6.08 Å². The average molecular weight is 331 g/mol. The Hall–Kier alpha value is -1.97. The molecule has 0 aromatic heterocycles. The van der Waals surface area contributed by atoms with Crippen molar-refractivity contribution in [3.05, 3.63) is 29.8 Å². The first-order chi connectivity index (χ1) is 11.7. The minimum Gasteiger partial charge on any atom is -0.490 e. The fraction of sp³-hybridized carbons (Fsp3) is 0.550. The van der Waals surface area contributed by atoms with Crippen LogP contribution in [0.15, 0.2) is 24.3 Å². The first-order valence-corrected chi connectivity index (χ1v) is 9.11. The Morgan fingerprint density at radius 3 is 2.71 bits per heavy atom. The molecule has 0 spiro atoms. The molecule has 0 heterocycles. The Bertz CT molecular complexity index is 548. The summed E-state index contributed by atoms with van der Waals surface area (Å²) in [4.78, 5) is 12.0. The zero-order valence-corrected chi connectivity index (χ0v) is 14.8. The highest BCUT2D eigenvalue weighted by Gasteiger charge is 2.15. The lowest BCUT2D eigenvalue weighted by Gasteiger charge is -2.12. The smallest absolute Gasteiger partial charge is 0.244 e. The zero-order valence-electron chi connectivity index (χ0n) is 14.8. The van der Waals surface area contributed by atoms with E-state index in [1.807, 2.05) is 31.2 Å². The summed E-state index contributed by atoms with van der Waals surface area (Å²) in [5, 5.41) is 3.05. The maximum Gasteiger partial charge on any atom is 0.244 e. The Morgan fingerprint density at radius 1 is 1.21 bits per heavy atom. The summed E-state index contributed by atoms with van der Waals surface area (Å²) in [6.07, 6.45) is 10.2. The number of ether oxygens (including phenoxy) is 2. The molecule has 0 unspecified atom stereocenters. The molecule has 4 nitrogen and oxygen atoms in total. The summed E-state index contributed by atoms with van der Waals surface area (Å²) < 4.78 is 11.4. The second-order valence-corrected chi connectivity index (χ2v) is 6.16. The van der Waals surface area contributed by atoms with Gasteiger partial charge in [-0.15, -0.1) is 0 Å². The molecule has 0 radical (unpaired) electrons. The highest BCUT2D eigenvalue weighted by Crippen LogP contribution is 2.29. The van der Waals surface area contributed by atoms with Gasteiger partial charge in [0.2, 0.25) is 5.91 Å². The number of amides is 1. The molecule has 1 aliphatic carbocycles. The number of carbonyl (C=O) groups is 1. The van der Waals surface area contributed by atoms with E-state index in [9.17, 15) is 4.79 Å². The third-order valence-electron chi connectivity index (χ3n) is 4.15. The molecule has 0 saturated heterocycles. The van der Waals surface area contributed by atoms with Gasteiger partial charge in [0.25, 0.3) is 0 Å². The van der Waals surface area contributed by atoms with Crippen LogP contribution >= 0.6 is 0 Å². The van der Waals surface area contributed by atoms with E-state index in [0.717, 1.165) is 42.7 Å². The van der Waals surface area contributed by atoms with Gasteiger partial charge >= 0.3 is 0 Å². The summed E-state index contributed by atoms with van der Waals surface area (Å²) in [5.74, 6) is 1.47. The minimum atomic E-state index is -0.0249. The maximum atomic E-state index is 12.0. The van der Waals surface area contributed by atoms with Gasteiger partial charge in [-0.2, -0.15) is 0 Å². The van der Waals surface area contributed by atoms with E-state index in [1.54, 1.807) is 6.08 Å². The number of benzene rings is 1. The quantitative estimate of drug-likeness (QED) is 0.541.